The van der Waals surface area contributed by atoms with Crippen molar-refractivity contribution in [2.24, 2.45) is 10.9 Å². The lowest BCUT2D eigenvalue weighted by Gasteiger charge is -2.25. The molecular weight excluding hydrogens is 250 g/mol. The van der Waals surface area contributed by atoms with Crippen LogP contribution >= 0.6 is 0 Å². The standard InChI is InChI=1S/C16H23N3O/c1-12(20)18-14-8-10-15(11-9-14)19(3)16(17-2)13-6-4-5-7-13/h8-11,13H,4-7H2,1-3H3,(H,18,20). The molecular formula is C16H23N3O. The average Bonchev–Trinajstić information content (AvgIpc) is 2.93. The van der Waals surface area contributed by atoms with E-state index in [1.165, 1.54) is 32.6 Å². The minimum absolute atomic E-state index is 0.0483. The van der Waals surface area contributed by atoms with E-state index in [0.717, 1.165) is 17.2 Å². The molecule has 1 aliphatic carbocycles. The number of carbonyl (C=O) groups excluding carboxylic acids is 1. The molecule has 0 aliphatic heterocycles. The number of anilines is 2. The molecule has 1 aromatic rings. The van der Waals surface area contributed by atoms with E-state index in [9.17, 15) is 4.79 Å². The van der Waals surface area contributed by atoms with E-state index in [1.54, 1.807) is 0 Å². The van der Waals surface area contributed by atoms with Gasteiger partial charge < -0.3 is 10.2 Å². The summed E-state index contributed by atoms with van der Waals surface area (Å²) in [5.41, 5.74) is 1.93. The summed E-state index contributed by atoms with van der Waals surface area (Å²) in [7, 11) is 3.93. The Kier molecular flexibility index (Phi) is 4.77. The summed E-state index contributed by atoms with van der Waals surface area (Å²) in [6.45, 7) is 1.52. The van der Waals surface area contributed by atoms with E-state index >= 15 is 0 Å². The number of nitrogens with one attached hydrogen (secondary N) is 1. The molecule has 1 N–H and O–H groups in total. The van der Waals surface area contributed by atoms with Crippen molar-refractivity contribution < 1.29 is 4.79 Å². The van der Waals surface area contributed by atoms with Crippen LogP contribution in [0.4, 0.5) is 11.4 Å². The molecule has 4 nitrogen and oxygen atoms in total. The van der Waals surface area contributed by atoms with Gasteiger partial charge >= 0.3 is 0 Å². The molecule has 20 heavy (non-hydrogen) atoms. The highest BCUT2D eigenvalue weighted by molar-refractivity contribution is 5.99. The normalized spacial score (nSPS) is 16.2. The Bertz CT molecular complexity index is 487. The molecule has 0 bridgehead atoms. The predicted octanol–water partition coefficient (Wildman–Crippen LogP) is 3.30. The summed E-state index contributed by atoms with van der Waals surface area (Å²) in [4.78, 5) is 17.7. The summed E-state index contributed by atoms with van der Waals surface area (Å²) in [6, 6.07) is 7.89. The molecule has 1 aromatic carbocycles. The number of carbonyl (C=O) groups is 1. The quantitative estimate of drug-likeness (QED) is 0.678. The second-order valence-corrected chi connectivity index (χ2v) is 5.35. The largest absolute Gasteiger partial charge is 0.333 e. The molecule has 0 atom stereocenters. The maximum atomic E-state index is 11.0. The van der Waals surface area contributed by atoms with Crippen LogP contribution < -0.4 is 10.2 Å². The highest BCUT2D eigenvalue weighted by Gasteiger charge is 2.23. The minimum Gasteiger partial charge on any atom is -0.333 e. The Morgan fingerprint density at radius 2 is 1.85 bits per heavy atom. The van der Waals surface area contributed by atoms with Crippen molar-refractivity contribution in [3.05, 3.63) is 24.3 Å². The van der Waals surface area contributed by atoms with Crippen molar-refractivity contribution >= 4 is 23.1 Å². The Labute approximate surface area is 120 Å². The smallest absolute Gasteiger partial charge is 0.221 e. The zero-order valence-corrected chi connectivity index (χ0v) is 12.5. The van der Waals surface area contributed by atoms with Crippen LogP contribution in [0.1, 0.15) is 32.6 Å². The first kappa shape index (κ1) is 14.6. The fourth-order valence-corrected chi connectivity index (χ4v) is 2.89. The lowest BCUT2D eigenvalue weighted by Crippen LogP contribution is -2.32. The van der Waals surface area contributed by atoms with Gasteiger partial charge in [0.2, 0.25) is 5.91 Å². The van der Waals surface area contributed by atoms with E-state index in [-0.39, 0.29) is 5.91 Å². The maximum absolute atomic E-state index is 11.0. The maximum Gasteiger partial charge on any atom is 0.221 e. The van der Waals surface area contributed by atoms with Crippen LogP contribution in [0.5, 0.6) is 0 Å². The van der Waals surface area contributed by atoms with E-state index < -0.39 is 0 Å². The Morgan fingerprint density at radius 3 is 2.35 bits per heavy atom. The molecule has 1 fully saturated rings. The van der Waals surface area contributed by atoms with Crippen molar-refractivity contribution in [3.8, 4) is 0 Å². The Hall–Kier alpha value is -1.84. The SMILES string of the molecule is CN=C(C1CCCC1)N(C)c1ccc(NC(C)=O)cc1. The summed E-state index contributed by atoms with van der Waals surface area (Å²) in [5, 5.41) is 2.78. The first-order valence-electron chi connectivity index (χ1n) is 7.20. The van der Waals surface area contributed by atoms with Gasteiger partial charge in [-0.2, -0.15) is 0 Å². The van der Waals surface area contributed by atoms with E-state index in [0.29, 0.717) is 5.92 Å². The third-order valence-electron chi connectivity index (χ3n) is 3.87. The number of nitrogens with zero attached hydrogens (tertiary/aromatic N) is 2. The fraction of sp³-hybridized carbons (Fsp3) is 0.500. The zero-order valence-electron chi connectivity index (χ0n) is 12.5. The monoisotopic (exact) mass is 273 g/mol. The van der Waals surface area contributed by atoms with Gasteiger partial charge in [-0.1, -0.05) is 12.8 Å². The number of amides is 1. The number of amidine groups is 1. The zero-order chi connectivity index (χ0) is 14.5. The fourth-order valence-electron chi connectivity index (χ4n) is 2.89. The van der Waals surface area contributed by atoms with Gasteiger partial charge in [0.15, 0.2) is 0 Å². The number of aliphatic imine (C=N–C) groups is 1. The molecule has 0 aromatic heterocycles. The van der Waals surface area contributed by atoms with Crippen molar-refractivity contribution in [3.63, 3.8) is 0 Å². The molecule has 108 valence electrons. The van der Waals surface area contributed by atoms with Crippen molar-refractivity contribution in [2.75, 3.05) is 24.3 Å². The lowest BCUT2D eigenvalue weighted by molar-refractivity contribution is -0.114. The van der Waals surface area contributed by atoms with Gasteiger partial charge in [0.25, 0.3) is 0 Å². The van der Waals surface area contributed by atoms with Crippen molar-refractivity contribution in [2.45, 2.75) is 32.6 Å². The van der Waals surface area contributed by atoms with Gasteiger partial charge in [-0.05, 0) is 37.1 Å². The number of hydrogen-bond donors (Lipinski definition) is 1. The summed E-state index contributed by atoms with van der Waals surface area (Å²) < 4.78 is 0. The van der Waals surface area contributed by atoms with Crippen LogP contribution in [0.2, 0.25) is 0 Å². The molecule has 0 saturated heterocycles. The van der Waals surface area contributed by atoms with E-state index in [2.05, 4.69) is 22.3 Å². The van der Waals surface area contributed by atoms with E-state index in [1.807, 2.05) is 31.3 Å². The molecule has 0 heterocycles. The summed E-state index contributed by atoms with van der Waals surface area (Å²) in [6.07, 6.45) is 5.08. The van der Waals surface area contributed by atoms with Crippen LogP contribution in [0.25, 0.3) is 0 Å². The predicted molar refractivity (Wildman–Crippen MR) is 84.5 cm³/mol. The lowest BCUT2D eigenvalue weighted by atomic mass is 10.1. The topological polar surface area (TPSA) is 44.7 Å². The Morgan fingerprint density at radius 1 is 1.25 bits per heavy atom. The number of benzene rings is 1. The third kappa shape index (κ3) is 3.38. The van der Waals surface area contributed by atoms with Crippen molar-refractivity contribution in [1.29, 1.82) is 0 Å². The number of hydrogen-bond acceptors (Lipinski definition) is 2. The average molecular weight is 273 g/mol. The van der Waals surface area contributed by atoms with Gasteiger partial charge in [0, 0.05) is 38.3 Å². The minimum atomic E-state index is -0.0483. The molecule has 0 spiro atoms. The third-order valence-corrected chi connectivity index (χ3v) is 3.87. The molecule has 2 rings (SSSR count). The first-order valence-corrected chi connectivity index (χ1v) is 7.20. The molecule has 1 saturated carbocycles. The highest BCUT2D eigenvalue weighted by Crippen LogP contribution is 2.29. The molecule has 0 radical (unpaired) electrons. The number of rotatable bonds is 3. The second-order valence-electron chi connectivity index (χ2n) is 5.35. The van der Waals surface area contributed by atoms with Crippen LogP contribution in [0, 0.1) is 5.92 Å². The van der Waals surface area contributed by atoms with Crippen LogP contribution in [0.3, 0.4) is 0 Å². The van der Waals surface area contributed by atoms with Crippen LogP contribution in [-0.4, -0.2) is 25.8 Å². The van der Waals surface area contributed by atoms with Gasteiger partial charge in [0.1, 0.15) is 5.84 Å². The first-order chi connectivity index (χ1) is 9.61. The van der Waals surface area contributed by atoms with Gasteiger partial charge in [-0.3, -0.25) is 9.79 Å². The van der Waals surface area contributed by atoms with Crippen molar-refractivity contribution in [1.82, 2.24) is 0 Å². The van der Waals surface area contributed by atoms with Gasteiger partial charge in [-0.15, -0.1) is 0 Å². The molecule has 1 aliphatic rings. The second kappa shape index (κ2) is 6.55. The van der Waals surface area contributed by atoms with Crippen LogP contribution in [0.15, 0.2) is 29.3 Å². The van der Waals surface area contributed by atoms with Crippen LogP contribution in [-0.2, 0) is 4.79 Å². The molecule has 0 unspecified atom stereocenters. The van der Waals surface area contributed by atoms with Gasteiger partial charge in [0.05, 0.1) is 0 Å². The van der Waals surface area contributed by atoms with Gasteiger partial charge in [-0.25, -0.2) is 0 Å². The van der Waals surface area contributed by atoms with E-state index in [4.69, 9.17) is 0 Å². The Balaban J connectivity index is 2.11. The summed E-state index contributed by atoms with van der Waals surface area (Å²) in [5.74, 6) is 1.70. The summed E-state index contributed by atoms with van der Waals surface area (Å²) >= 11 is 0. The molecule has 1 amide bonds. The highest BCUT2D eigenvalue weighted by atomic mass is 16.1. The molecule has 4 heteroatoms.